The SMILES string of the molecule is COc1c(N)ncc2c(-c3cnn(C4CCNCC4)c3)coc12. The standard InChI is InChI=1S/C16H19N5O2/c1-22-15-14-12(7-19-16(15)17)13(9-23-14)10-6-20-21(8-10)11-2-4-18-5-3-11/h6-9,11,18H,2-5H2,1H3,(H2,17,19). The lowest BCUT2D eigenvalue weighted by atomic mass is 10.1. The van der Waals surface area contributed by atoms with Crippen molar-refractivity contribution in [1.82, 2.24) is 20.1 Å². The molecular weight excluding hydrogens is 294 g/mol. The Morgan fingerprint density at radius 2 is 2.17 bits per heavy atom. The Balaban J connectivity index is 1.73. The van der Waals surface area contributed by atoms with Crippen LogP contribution in [0.25, 0.3) is 22.1 Å². The van der Waals surface area contributed by atoms with E-state index in [4.69, 9.17) is 14.9 Å². The topological polar surface area (TPSA) is 91.1 Å². The molecule has 3 aromatic heterocycles. The fourth-order valence-electron chi connectivity index (χ4n) is 3.15. The predicted molar refractivity (Wildman–Crippen MR) is 87.3 cm³/mol. The van der Waals surface area contributed by atoms with Gasteiger partial charge in [0.2, 0.25) is 5.75 Å². The molecule has 0 aliphatic carbocycles. The predicted octanol–water partition coefficient (Wildman–Crippen LogP) is 2.21. The van der Waals surface area contributed by atoms with Crippen LogP contribution in [0, 0.1) is 0 Å². The average molecular weight is 313 g/mol. The summed E-state index contributed by atoms with van der Waals surface area (Å²) in [6.45, 7) is 2.07. The molecule has 0 unspecified atom stereocenters. The molecule has 3 aromatic rings. The van der Waals surface area contributed by atoms with Gasteiger partial charge in [-0.1, -0.05) is 0 Å². The molecule has 1 aliphatic heterocycles. The highest BCUT2D eigenvalue weighted by molar-refractivity contribution is 5.97. The van der Waals surface area contributed by atoms with Crippen LogP contribution < -0.4 is 15.8 Å². The molecule has 0 atom stereocenters. The first kappa shape index (κ1) is 14.1. The highest BCUT2D eigenvalue weighted by Crippen LogP contribution is 2.37. The smallest absolute Gasteiger partial charge is 0.204 e. The summed E-state index contributed by atoms with van der Waals surface area (Å²) in [7, 11) is 1.56. The number of hydrogen-bond acceptors (Lipinski definition) is 6. The second-order valence-electron chi connectivity index (χ2n) is 5.76. The van der Waals surface area contributed by atoms with E-state index in [9.17, 15) is 0 Å². The average Bonchev–Trinajstić information content (AvgIpc) is 3.22. The Hall–Kier alpha value is -2.54. The van der Waals surface area contributed by atoms with Gasteiger partial charge >= 0.3 is 0 Å². The number of nitrogen functional groups attached to an aromatic ring is 1. The van der Waals surface area contributed by atoms with Crippen molar-refractivity contribution in [3.05, 3.63) is 24.9 Å². The number of methoxy groups -OCH3 is 1. The Bertz CT molecular complexity index is 832. The van der Waals surface area contributed by atoms with Gasteiger partial charge in [-0.25, -0.2) is 4.98 Å². The van der Waals surface area contributed by atoms with Gasteiger partial charge in [-0.2, -0.15) is 5.10 Å². The van der Waals surface area contributed by atoms with Crippen LogP contribution in [0.4, 0.5) is 5.82 Å². The number of anilines is 1. The maximum atomic E-state index is 5.83. The van der Waals surface area contributed by atoms with Crippen molar-refractivity contribution in [2.24, 2.45) is 0 Å². The first-order valence-electron chi connectivity index (χ1n) is 7.73. The van der Waals surface area contributed by atoms with E-state index in [1.807, 2.05) is 6.20 Å². The summed E-state index contributed by atoms with van der Waals surface area (Å²) in [6, 6.07) is 0.450. The summed E-state index contributed by atoms with van der Waals surface area (Å²) in [4.78, 5) is 4.19. The molecule has 1 aliphatic rings. The van der Waals surface area contributed by atoms with E-state index < -0.39 is 0 Å². The van der Waals surface area contributed by atoms with Crippen LogP contribution in [0.2, 0.25) is 0 Å². The van der Waals surface area contributed by atoms with Crippen LogP contribution in [0.15, 0.2) is 29.3 Å². The summed E-state index contributed by atoms with van der Waals surface area (Å²) in [5.41, 5.74) is 8.40. The van der Waals surface area contributed by atoms with Crippen molar-refractivity contribution in [3.8, 4) is 16.9 Å². The quantitative estimate of drug-likeness (QED) is 0.770. The van der Waals surface area contributed by atoms with Crippen molar-refractivity contribution in [2.75, 3.05) is 25.9 Å². The number of furan rings is 1. The minimum atomic E-state index is 0.325. The summed E-state index contributed by atoms with van der Waals surface area (Å²) >= 11 is 0. The van der Waals surface area contributed by atoms with Crippen molar-refractivity contribution >= 4 is 16.8 Å². The zero-order chi connectivity index (χ0) is 15.8. The van der Waals surface area contributed by atoms with Gasteiger partial charge in [0.05, 0.1) is 24.7 Å². The largest absolute Gasteiger partial charge is 0.490 e. The number of aromatic nitrogens is 3. The van der Waals surface area contributed by atoms with Crippen LogP contribution in [-0.2, 0) is 0 Å². The van der Waals surface area contributed by atoms with Crippen LogP contribution in [0.3, 0.4) is 0 Å². The number of rotatable bonds is 3. The molecule has 0 amide bonds. The number of ether oxygens (including phenoxy) is 1. The highest BCUT2D eigenvalue weighted by atomic mass is 16.5. The molecule has 0 radical (unpaired) electrons. The highest BCUT2D eigenvalue weighted by Gasteiger charge is 2.19. The molecule has 120 valence electrons. The zero-order valence-corrected chi connectivity index (χ0v) is 13.0. The lowest BCUT2D eigenvalue weighted by molar-refractivity contribution is 0.343. The normalized spacial score (nSPS) is 16.0. The zero-order valence-electron chi connectivity index (χ0n) is 13.0. The molecule has 1 saturated heterocycles. The van der Waals surface area contributed by atoms with Crippen molar-refractivity contribution in [3.63, 3.8) is 0 Å². The van der Waals surface area contributed by atoms with Gasteiger partial charge in [0.1, 0.15) is 6.26 Å². The molecule has 7 nitrogen and oxygen atoms in total. The Kier molecular flexibility index (Phi) is 3.42. The van der Waals surface area contributed by atoms with Crippen molar-refractivity contribution < 1.29 is 9.15 Å². The third-order valence-electron chi connectivity index (χ3n) is 4.40. The van der Waals surface area contributed by atoms with E-state index in [0.29, 0.717) is 23.2 Å². The first-order valence-corrected chi connectivity index (χ1v) is 7.73. The number of pyridine rings is 1. The fraction of sp³-hybridized carbons (Fsp3) is 0.375. The second kappa shape index (κ2) is 5.58. The molecule has 0 bridgehead atoms. The van der Waals surface area contributed by atoms with Gasteiger partial charge in [0.15, 0.2) is 11.4 Å². The lowest BCUT2D eigenvalue weighted by Gasteiger charge is -2.22. The van der Waals surface area contributed by atoms with Gasteiger partial charge in [0.25, 0.3) is 0 Å². The molecule has 4 rings (SSSR count). The fourth-order valence-corrected chi connectivity index (χ4v) is 3.15. The maximum absolute atomic E-state index is 5.83. The number of nitrogens with one attached hydrogen (secondary N) is 1. The van der Waals surface area contributed by atoms with Crippen LogP contribution in [0.5, 0.6) is 5.75 Å². The van der Waals surface area contributed by atoms with E-state index in [-0.39, 0.29) is 0 Å². The van der Waals surface area contributed by atoms with E-state index >= 15 is 0 Å². The Labute approximate surface area is 133 Å². The lowest BCUT2D eigenvalue weighted by Crippen LogP contribution is -2.29. The molecule has 7 heteroatoms. The Morgan fingerprint density at radius 1 is 1.35 bits per heavy atom. The number of nitrogens with two attached hydrogens (primary N) is 1. The van der Waals surface area contributed by atoms with Gasteiger partial charge in [-0.05, 0) is 25.9 Å². The van der Waals surface area contributed by atoms with Crippen LogP contribution in [0.1, 0.15) is 18.9 Å². The van der Waals surface area contributed by atoms with Crippen LogP contribution >= 0.6 is 0 Å². The van der Waals surface area contributed by atoms with E-state index in [1.165, 1.54) is 0 Å². The molecule has 4 heterocycles. The van der Waals surface area contributed by atoms with E-state index in [0.717, 1.165) is 42.4 Å². The van der Waals surface area contributed by atoms with Gasteiger partial charge in [-0.15, -0.1) is 0 Å². The Morgan fingerprint density at radius 3 is 2.96 bits per heavy atom. The summed E-state index contributed by atoms with van der Waals surface area (Å²) in [5, 5.41) is 8.78. The summed E-state index contributed by atoms with van der Waals surface area (Å²) < 4.78 is 13.0. The molecule has 0 aromatic carbocycles. The van der Waals surface area contributed by atoms with Crippen LogP contribution in [-0.4, -0.2) is 35.0 Å². The molecule has 3 N–H and O–H groups in total. The number of hydrogen-bond donors (Lipinski definition) is 2. The minimum absolute atomic E-state index is 0.325. The summed E-state index contributed by atoms with van der Waals surface area (Å²) in [6.07, 6.45) is 9.56. The molecule has 1 fully saturated rings. The third-order valence-corrected chi connectivity index (χ3v) is 4.40. The molecule has 23 heavy (non-hydrogen) atoms. The van der Waals surface area contributed by atoms with Gasteiger partial charge < -0.3 is 20.2 Å². The molecule has 0 saturated carbocycles. The van der Waals surface area contributed by atoms with E-state index in [2.05, 4.69) is 26.3 Å². The molecule has 0 spiro atoms. The van der Waals surface area contributed by atoms with Crippen molar-refractivity contribution in [2.45, 2.75) is 18.9 Å². The first-order chi connectivity index (χ1) is 11.3. The minimum Gasteiger partial charge on any atom is -0.490 e. The third kappa shape index (κ3) is 2.33. The second-order valence-corrected chi connectivity index (χ2v) is 5.76. The van der Waals surface area contributed by atoms with Gasteiger partial charge in [0, 0.05) is 23.5 Å². The van der Waals surface area contributed by atoms with E-state index in [1.54, 1.807) is 19.6 Å². The number of piperidine rings is 1. The van der Waals surface area contributed by atoms with Gasteiger partial charge in [-0.3, -0.25) is 4.68 Å². The summed E-state index contributed by atoms with van der Waals surface area (Å²) in [5.74, 6) is 0.797. The molecular formula is C16H19N5O2. The number of fused-ring (bicyclic) bond motifs is 1. The number of nitrogens with zero attached hydrogens (tertiary/aromatic N) is 3. The monoisotopic (exact) mass is 313 g/mol. The van der Waals surface area contributed by atoms with Crippen molar-refractivity contribution in [1.29, 1.82) is 0 Å². The maximum Gasteiger partial charge on any atom is 0.204 e.